The lowest BCUT2D eigenvalue weighted by molar-refractivity contribution is -0.122. The monoisotopic (exact) mass is 343 g/mol. The molecule has 0 bridgehead atoms. The van der Waals surface area contributed by atoms with E-state index in [1.165, 1.54) is 6.07 Å². The van der Waals surface area contributed by atoms with Gasteiger partial charge in [0.05, 0.1) is 11.8 Å². The Morgan fingerprint density at radius 3 is 2.48 bits per heavy atom. The fourth-order valence-electron chi connectivity index (χ4n) is 2.73. The highest BCUT2D eigenvalue weighted by atomic mass is 16.3. The van der Waals surface area contributed by atoms with Crippen molar-refractivity contribution in [3.8, 4) is 11.3 Å². The van der Waals surface area contributed by atoms with Gasteiger partial charge < -0.3 is 10.4 Å². The molecule has 1 heterocycles. The second-order valence-electron chi connectivity index (χ2n) is 6.03. The number of hydrogen-bond donors (Lipinski definition) is 2. The summed E-state index contributed by atoms with van der Waals surface area (Å²) in [5.74, 6) is -0.188. The van der Waals surface area contributed by atoms with E-state index in [0.717, 1.165) is 23.1 Å². The van der Waals surface area contributed by atoms with Crippen molar-refractivity contribution in [3.63, 3.8) is 0 Å². The molecule has 6 nitrogen and oxygen atoms in total. The first kappa shape index (κ1) is 18.9. The summed E-state index contributed by atoms with van der Waals surface area (Å²) in [6, 6.07) is 12.5. The Balaban J connectivity index is 2.02. The van der Waals surface area contributed by atoms with Crippen molar-refractivity contribution in [1.29, 1.82) is 0 Å². The predicted octanol–water partition coefficient (Wildman–Crippen LogP) is 1.82. The predicted molar refractivity (Wildman–Crippen MR) is 97.0 cm³/mol. The van der Waals surface area contributed by atoms with Crippen LogP contribution < -0.4 is 10.9 Å². The summed E-state index contributed by atoms with van der Waals surface area (Å²) >= 11 is 0. The van der Waals surface area contributed by atoms with Crippen LogP contribution in [0.1, 0.15) is 26.7 Å². The quantitative estimate of drug-likeness (QED) is 0.766. The maximum atomic E-state index is 12.1. The number of hydrogen-bond acceptors (Lipinski definition) is 4. The first-order chi connectivity index (χ1) is 12.0. The first-order valence-electron chi connectivity index (χ1n) is 8.63. The van der Waals surface area contributed by atoms with Crippen LogP contribution in [0.5, 0.6) is 0 Å². The molecule has 1 atom stereocenters. The average Bonchev–Trinajstić information content (AvgIpc) is 2.63. The minimum atomic E-state index is -0.584. The molecule has 0 spiro atoms. The Kier molecular flexibility index (Phi) is 6.89. The molecular weight excluding hydrogens is 318 g/mol. The molecule has 1 aromatic carbocycles. The highest BCUT2D eigenvalue weighted by Gasteiger charge is 2.16. The minimum absolute atomic E-state index is 0.155. The van der Waals surface area contributed by atoms with Crippen molar-refractivity contribution in [2.75, 3.05) is 6.54 Å². The van der Waals surface area contributed by atoms with E-state index in [9.17, 15) is 14.7 Å². The SMILES string of the molecule is CCC(CC)C(O)CNC(=O)Cn1nc(-c2ccccc2)ccc1=O. The Morgan fingerprint density at radius 1 is 1.16 bits per heavy atom. The van der Waals surface area contributed by atoms with Crippen LogP contribution in [-0.2, 0) is 11.3 Å². The van der Waals surface area contributed by atoms with E-state index in [1.54, 1.807) is 6.07 Å². The Hall–Kier alpha value is -2.47. The van der Waals surface area contributed by atoms with Crippen molar-refractivity contribution >= 4 is 5.91 Å². The van der Waals surface area contributed by atoms with Crippen molar-refractivity contribution in [2.24, 2.45) is 5.92 Å². The third-order valence-corrected chi connectivity index (χ3v) is 4.33. The van der Waals surface area contributed by atoms with E-state index in [1.807, 2.05) is 44.2 Å². The number of carbonyl (C=O) groups excluding carboxylic acids is 1. The van der Waals surface area contributed by atoms with Crippen LogP contribution in [0.25, 0.3) is 11.3 Å². The maximum Gasteiger partial charge on any atom is 0.267 e. The zero-order valence-electron chi connectivity index (χ0n) is 14.7. The van der Waals surface area contributed by atoms with E-state index in [2.05, 4.69) is 10.4 Å². The number of amides is 1. The molecule has 0 saturated heterocycles. The van der Waals surface area contributed by atoms with Gasteiger partial charge in [-0.2, -0.15) is 5.10 Å². The normalized spacial score (nSPS) is 12.2. The Bertz CT molecular complexity index is 739. The standard InChI is InChI=1S/C19H25N3O3/c1-3-14(4-2)17(23)12-20-18(24)13-22-19(25)11-10-16(21-22)15-8-6-5-7-9-15/h5-11,14,17,23H,3-4,12-13H2,1-2H3,(H,20,24). The average molecular weight is 343 g/mol. The fourth-order valence-corrected chi connectivity index (χ4v) is 2.73. The Labute approximate surface area is 147 Å². The molecule has 2 N–H and O–H groups in total. The number of carbonyl (C=O) groups is 1. The topological polar surface area (TPSA) is 84.2 Å². The summed E-state index contributed by atoms with van der Waals surface area (Å²) in [5, 5.41) is 17.0. The summed E-state index contributed by atoms with van der Waals surface area (Å²) in [4.78, 5) is 24.0. The van der Waals surface area contributed by atoms with Crippen LogP contribution in [0.3, 0.4) is 0 Å². The third kappa shape index (κ3) is 5.26. The molecule has 1 amide bonds. The van der Waals surface area contributed by atoms with Gasteiger partial charge in [0.25, 0.3) is 5.56 Å². The van der Waals surface area contributed by atoms with Crippen molar-refractivity contribution < 1.29 is 9.90 Å². The van der Waals surface area contributed by atoms with Crippen LogP contribution in [0.4, 0.5) is 0 Å². The molecule has 0 aliphatic rings. The van der Waals surface area contributed by atoms with Crippen molar-refractivity contribution in [3.05, 3.63) is 52.8 Å². The molecule has 1 unspecified atom stereocenters. The number of benzene rings is 1. The third-order valence-electron chi connectivity index (χ3n) is 4.33. The van der Waals surface area contributed by atoms with Gasteiger partial charge in [0.15, 0.2) is 0 Å². The van der Waals surface area contributed by atoms with Gasteiger partial charge in [-0.05, 0) is 12.0 Å². The van der Waals surface area contributed by atoms with Crippen LogP contribution >= 0.6 is 0 Å². The second-order valence-corrected chi connectivity index (χ2v) is 6.03. The molecule has 0 aliphatic carbocycles. The molecule has 2 aromatic rings. The molecule has 2 rings (SSSR count). The summed E-state index contributed by atoms with van der Waals surface area (Å²) in [6.07, 6.45) is 1.13. The second kappa shape index (κ2) is 9.13. The number of aliphatic hydroxyl groups excluding tert-OH is 1. The molecule has 0 radical (unpaired) electrons. The summed E-state index contributed by atoms with van der Waals surface area (Å²) < 4.78 is 1.14. The highest BCUT2D eigenvalue weighted by Crippen LogP contribution is 2.14. The lowest BCUT2D eigenvalue weighted by atomic mass is 9.96. The lowest BCUT2D eigenvalue weighted by Crippen LogP contribution is -2.39. The van der Waals surface area contributed by atoms with Gasteiger partial charge in [-0.1, -0.05) is 57.0 Å². The molecule has 0 saturated carbocycles. The van der Waals surface area contributed by atoms with Gasteiger partial charge in [-0.15, -0.1) is 0 Å². The summed E-state index contributed by atoms with van der Waals surface area (Å²) in [6.45, 7) is 4.03. The van der Waals surface area contributed by atoms with E-state index in [-0.39, 0.29) is 30.5 Å². The van der Waals surface area contributed by atoms with E-state index < -0.39 is 6.10 Å². The van der Waals surface area contributed by atoms with Gasteiger partial charge in [0.2, 0.25) is 5.91 Å². The zero-order valence-corrected chi connectivity index (χ0v) is 14.7. The number of nitrogens with one attached hydrogen (secondary N) is 1. The molecule has 0 aliphatic heterocycles. The van der Waals surface area contributed by atoms with Gasteiger partial charge in [-0.3, -0.25) is 9.59 Å². The fraction of sp³-hybridized carbons (Fsp3) is 0.421. The maximum absolute atomic E-state index is 12.1. The number of nitrogens with zero attached hydrogens (tertiary/aromatic N) is 2. The van der Waals surface area contributed by atoms with Crippen LogP contribution in [-0.4, -0.2) is 33.4 Å². The minimum Gasteiger partial charge on any atom is -0.391 e. The molecule has 6 heteroatoms. The number of aliphatic hydroxyl groups is 1. The smallest absolute Gasteiger partial charge is 0.267 e. The van der Waals surface area contributed by atoms with Crippen molar-refractivity contribution in [1.82, 2.24) is 15.1 Å². The van der Waals surface area contributed by atoms with Gasteiger partial charge in [0, 0.05) is 18.2 Å². The Morgan fingerprint density at radius 2 is 1.84 bits per heavy atom. The largest absolute Gasteiger partial charge is 0.391 e. The van der Waals surface area contributed by atoms with Crippen LogP contribution in [0.2, 0.25) is 0 Å². The van der Waals surface area contributed by atoms with Crippen molar-refractivity contribution in [2.45, 2.75) is 39.3 Å². The lowest BCUT2D eigenvalue weighted by Gasteiger charge is -2.20. The van der Waals surface area contributed by atoms with Crippen LogP contribution in [0, 0.1) is 5.92 Å². The molecular formula is C19H25N3O3. The van der Waals surface area contributed by atoms with E-state index in [4.69, 9.17) is 0 Å². The highest BCUT2D eigenvalue weighted by molar-refractivity contribution is 5.75. The van der Waals surface area contributed by atoms with Gasteiger partial charge in [0.1, 0.15) is 6.54 Å². The number of rotatable bonds is 8. The van der Waals surface area contributed by atoms with Crippen LogP contribution in [0.15, 0.2) is 47.3 Å². The van der Waals surface area contributed by atoms with E-state index in [0.29, 0.717) is 5.69 Å². The molecule has 134 valence electrons. The van der Waals surface area contributed by atoms with E-state index >= 15 is 0 Å². The summed E-state index contributed by atoms with van der Waals surface area (Å²) in [5.41, 5.74) is 1.17. The molecule has 0 fully saturated rings. The number of aromatic nitrogens is 2. The van der Waals surface area contributed by atoms with Gasteiger partial charge >= 0.3 is 0 Å². The molecule has 25 heavy (non-hydrogen) atoms. The first-order valence-corrected chi connectivity index (χ1v) is 8.63. The summed E-state index contributed by atoms with van der Waals surface area (Å²) in [7, 11) is 0. The molecule has 1 aromatic heterocycles. The van der Waals surface area contributed by atoms with Gasteiger partial charge in [-0.25, -0.2) is 4.68 Å². The zero-order chi connectivity index (χ0) is 18.2.